The molecule has 32 heavy (non-hydrogen) atoms. The average molecular weight is 465 g/mol. The number of thiophene rings is 1. The molecule has 0 spiro atoms. The zero-order chi connectivity index (χ0) is 22.4. The van der Waals surface area contributed by atoms with E-state index in [-0.39, 0.29) is 18.0 Å². The number of hydrogen-bond acceptors (Lipinski definition) is 5. The number of anilines is 1. The second-order valence-corrected chi connectivity index (χ2v) is 10.2. The molecule has 2 N–H and O–H groups in total. The first-order chi connectivity index (χ1) is 15.4. The van der Waals surface area contributed by atoms with Crippen LogP contribution in [0.4, 0.5) is 5.69 Å². The van der Waals surface area contributed by atoms with Crippen LogP contribution in [0.3, 0.4) is 0 Å². The minimum atomic E-state index is -0.179. The number of hydrogen-bond donors (Lipinski definition) is 1. The fourth-order valence-corrected chi connectivity index (χ4v) is 5.94. The van der Waals surface area contributed by atoms with E-state index in [1.165, 1.54) is 15.0 Å². The zero-order valence-electron chi connectivity index (χ0n) is 18.1. The molecule has 5 rings (SSSR count). The largest absolute Gasteiger partial charge is 0.398 e. The van der Waals surface area contributed by atoms with Gasteiger partial charge in [-0.1, -0.05) is 29.8 Å². The van der Waals surface area contributed by atoms with Gasteiger partial charge in [0, 0.05) is 57.5 Å². The molecule has 1 fully saturated rings. The van der Waals surface area contributed by atoms with Gasteiger partial charge in [0.2, 0.25) is 5.91 Å². The molecule has 0 unspecified atom stereocenters. The summed E-state index contributed by atoms with van der Waals surface area (Å²) in [6, 6.07) is 16.1. The SMILES string of the molecule is C[C@H]1CN(Cc2ccc3c(N)ccnc3c2)C(=O)[C@H](C)N1Cc1cc2ccc(Cl)cc2s1. The van der Waals surface area contributed by atoms with Crippen LogP contribution in [-0.2, 0) is 17.9 Å². The van der Waals surface area contributed by atoms with Gasteiger partial charge >= 0.3 is 0 Å². The molecule has 0 saturated carbocycles. The van der Waals surface area contributed by atoms with Crippen molar-refractivity contribution in [2.45, 2.75) is 39.0 Å². The van der Waals surface area contributed by atoms with Crippen molar-refractivity contribution in [2.75, 3.05) is 12.3 Å². The number of rotatable bonds is 4. The summed E-state index contributed by atoms with van der Waals surface area (Å²) in [5.41, 5.74) is 8.69. The summed E-state index contributed by atoms with van der Waals surface area (Å²) in [5.74, 6) is 0.160. The number of nitrogens with two attached hydrogens (primary N) is 1. The number of piperazine rings is 1. The quantitative estimate of drug-likeness (QED) is 0.444. The minimum absolute atomic E-state index is 0.160. The van der Waals surface area contributed by atoms with Gasteiger partial charge in [-0.2, -0.15) is 0 Å². The predicted octanol–water partition coefficient (Wildman–Crippen LogP) is 5.31. The molecule has 1 aliphatic heterocycles. The third kappa shape index (κ3) is 3.94. The van der Waals surface area contributed by atoms with Gasteiger partial charge in [-0.05, 0) is 55.1 Å². The van der Waals surface area contributed by atoms with Gasteiger partial charge < -0.3 is 10.6 Å². The molecule has 1 amide bonds. The summed E-state index contributed by atoms with van der Waals surface area (Å²) in [6.45, 7) is 6.25. The maximum Gasteiger partial charge on any atom is 0.240 e. The molecule has 0 bridgehead atoms. The van der Waals surface area contributed by atoms with Crippen LogP contribution in [0.1, 0.15) is 24.3 Å². The Labute approximate surface area is 196 Å². The maximum atomic E-state index is 13.2. The number of carbonyl (C=O) groups excluding carboxylic acids is 1. The van der Waals surface area contributed by atoms with Crippen molar-refractivity contribution in [3.63, 3.8) is 0 Å². The first-order valence-corrected chi connectivity index (χ1v) is 11.9. The lowest BCUT2D eigenvalue weighted by atomic mass is 10.0. The van der Waals surface area contributed by atoms with Gasteiger partial charge in [-0.25, -0.2) is 0 Å². The summed E-state index contributed by atoms with van der Waals surface area (Å²) in [6.07, 6.45) is 1.72. The van der Waals surface area contributed by atoms with Gasteiger partial charge in [0.05, 0.1) is 11.6 Å². The standard InChI is InChI=1S/C25H25ClN4OS/c1-15-12-29(13-17-3-6-21-22(27)7-8-28-23(21)9-17)25(31)16(2)30(15)14-20-10-18-4-5-19(26)11-24(18)32-20/h3-11,15-16H,12-14H2,1-2H3,(H2,27,28)/t15-,16-/m0/s1. The number of pyridine rings is 1. The summed E-state index contributed by atoms with van der Waals surface area (Å²) in [7, 11) is 0. The van der Waals surface area contributed by atoms with E-state index >= 15 is 0 Å². The molecule has 2 aromatic heterocycles. The third-order valence-corrected chi connectivity index (χ3v) is 7.62. The molecule has 4 aromatic rings. The molecule has 0 radical (unpaired) electrons. The highest BCUT2D eigenvalue weighted by atomic mass is 35.5. The number of carbonyl (C=O) groups is 1. The van der Waals surface area contributed by atoms with Gasteiger partial charge in [-0.15, -0.1) is 11.3 Å². The van der Waals surface area contributed by atoms with Crippen LogP contribution in [0, 0.1) is 0 Å². The lowest BCUT2D eigenvalue weighted by Gasteiger charge is -2.43. The first-order valence-electron chi connectivity index (χ1n) is 10.7. The smallest absolute Gasteiger partial charge is 0.240 e. The van der Waals surface area contributed by atoms with E-state index in [4.69, 9.17) is 17.3 Å². The van der Waals surface area contributed by atoms with Crippen molar-refractivity contribution in [3.8, 4) is 0 Å². The maximum absolute atomic E-state index is 13.2. The molecule has 7 heteroatoms. The lowest BCUT2D eigenvalue weighted by Crippen LogP contribution is -2.59. The van der Waals surface area contributed by atoms with Gasteiger partial charge in [-0.3, -0.25) is 14.7 Å². The lowest BCUT2D eigenvalue weighted by molar-refractivity contribution is -0.145. The Morgan fingerprint density at radius 3 is 2.81 bits per heavy atom. The van der Waals surface area contributed by atoms with E-state index in [0.717, 1.165) is 33.7 Å². The van der Waals surface area contributed by atoms with Gasteiger partial charge in [0.1, 0.15) is 0 Å². The van der Waals surface area contributed by atoms with E-state index in [9.17, 15) is 4.79 Å². The molecule has 3 heterocycles. The van der Waals surface area contributed by atoms with Crippen LogP contribution in [0.5, 0.6) is 0 Å². The number of fused-ring (bicyclic) bond motifs is 2. The van der Waals surface area contributed by atoms with Crippen LogP contribution in [0.15, 0.2) is 54.7 Å². The molecule has 0 aliphatic carbocycles. The molecular weight excluding hydrogens is 440 g/mol. The Kier molecular flexibility index (Phi) is 5.53. The molecular formula is C25H25ClN4OS. The van der Waals surface area contributed by atoms with E-state index in [2.05, 4.69) is 28.9 Å². The average Bonchev–Trinajstić information content (AvgIpc) is 3.16. The highest BCUT2D eigenvalue weighted by Gasteiger charge is 2.36. The minimum Gasteiger partial charge on any atom is -0.398 e. The van der Waals surface area contributed by atoms with Crippen molar-refractivity contribution in [1.29, 1.82) is 0 Å². The van der Waals surface area contributed by atoms with Crippen LogP contribution >= 0.6 is 22.9 Å². The van der Waals surface area contributed by atoms with Crippen molar-refractivity contribution < 1.29 is 4.79 Å². The number of benzene rings is 2. The van der Waals surface area contributed by atoms with Crippen molar-refractivity contribution >= 4 is 55.5 Å². The fraction of sp³-hybridized carbons (Fsp3) is 0.280. The van der Waals surface area contributed by atoms with Crippen molar-refractivity contribution in [1.82, 2.24) is 14.8 Å². The summed E-state index contributed by atoms with van der Waals surface area (Å²) < 4.78 is 1.18. The van der Waals surface area contributed by atoms with Crippen LogP contribution in [-0.4, -0.2) is 39.3 Å². The van der Waals surface area contributed by atoms with Crippen LogP contribution in [0.25, 0.3) is 21.0 Å². The Morgan fingerprint density at radius 2 is 1.97 bits per heavy atom. The van der Waals surface area contributed by atoms with E-state index in [0.29, 0.717) is 13.1 Å². The van der Waals surface area contributed by atoms with Crippen LogP contribution < -0.4 is 5.73 Å². The number of aromatic nitrogens is 1. The number of amides is 1. The zero-order valence-corrected chi connectivity index (χ0v) is 19.7. The highest BCUT2D eigenvalue weighted by molar-refractivity contribution is 7.19. The fourth-order valence-electron chi connectivity index (χ4n) is 4.59. The second-order valence-electron chi connectivity index (χ2n) is 8.56. The Bertz CT molecular complexity index is 1320. The van der Waals surface area contributed by atoms with Gasteiger partial charge in [0.15, 0.2) is 0 Å². The molecule has 164 valence electrons. The topological polar surface area (TPSA) is 62.5 Å². The van der Waals surface area contributed by atoms with E-state index < -0.39 is 0 Å². The third-order valence-electron chi connectivity index (χ3n) is 6.30. The molecule has 1 aliphatic rings. The number of nitrogen functional groups attached to an aromatic ring is 1. The van der Waals surface area contributed by atoms with Crippen molar-refractivity contribution in [2.24, 2.45) is 0 Å². The Morgan fingerprint density at radius 1 is 1.12 bits per heavy atom. The highest BCUT2D eigenvalue weighted by Crippen LogP contribution is 2.31. The Hall–Kier alpha value is -2.67. The molecule has 5 nitrogen and oxygen atoms in total. The molecule has 2 aromatic carbocycles. The number of nitrogens with zero attached hydrogens (tertiary/aromatic N) is 3. The van der Waals surface area contributed by atoms with Gasteiger partial charge in [0.25, 0.3) is 0 Å². The summed E-state index contributed by atoms with van der Waals surface area (Å²) >= 11 is 7.89. The number of halogens is 1. The summed E-state index contributed by atoms with van der Waals surface area (Å²) in [5, 5.41) is 2.90. The van der Waals surface area contributed by atoms with E-state index in [1.54, 1.807) is 23.6 Å². The van der Waals surface area contributed by atoms with Crippen LogP contribution in [0.2, 0.25) is 5.02 Å². The second kappa shape index (κ2) is 8.35. The predicted molar refractivity (Wildman–Crippen MR) is 133 cm³/mol. The molecule has 2 atom stereocenters. The molecule has 1 saturated heterocycles. The normalized spacial score (nSPS) is 19.8. The monoisotopic (exact) mass is 464 g/mol. The van der Waals surface area contributed by atoms with E-state index in [1.807, 2.05) is 42.2 Å². The Balaban J connectivity index is 1.32. The van der Waals surface area contributed by atoms with Crippen molar-refractivity contribution in [3.05, 3.63) is 70.2 Å². The summed E-state index contributed by atoms with van der Waals surface area (Å²) in [4.78, 5) is 23.2. The first kappa shape index (κ1) is 21.2.